The molecule has 0 saturated carbocycles. The highest BCUT2D eigenvalue weighted by molar-refractivity contribution is 5.81. The minimum atomic E-state index is -0.206. The molecule has 4 heteroatoms. The van der Waals surface area contributed by atoms with Crippen molar-refractivity contribution in [3.63, 3.8) is 0 Å². The van der Waals surface area contributed by atoms with Gasteiger partial charge in [-0.1, -0.05) is 0 Å². The average molecular weight is 213 g/mol. The summed E-state index contributed by atoms with van der Waals surface area (Å²) in [7, 11) is 0. The van der Waals surface area contributed by atoms with Gasteiger partial charge in [-0.15, -0.1) is 0 Å². The van der Waals surface area contributed by atoms with Crippen molar-refractivity contribution < 1.29 is 14.6 Å². The Morgan fingerprint density at radius 1 is 1.40 bits per heavy atom. The second-order valence-electron chi connectivity index (χ2n) is 4.48. The van der Waals surface area contributed by atoms with Crippen LogP contribution in [0.15, 0.2) is 0 Å². The number of hydrogen-bond donors (Lipinski definition) is 1. The monoisotopic (exact) mass is 213 g/mol. The van der Waals surface area contributed by atoms with Crippen LogP contribution in [-0.4, -0.2) is 48.3 Å². The molecule has 86 valence electrons. The third-order valence-corrected chi connectivity index (χ3v) is 3.29. The zero-order valence-corrected chi connectivity index (χ0v) is 9.02. The van der Waals surface area contributed by atoms with Gasteiger partial charge >= 0.3 is 0 Å². The van der Waals surface area contributed by atoms with Crippen LogP contribution in [0.25, 0.3) is 0 Å². The van der Waals surface area contributed by atoms with Gasteiger partial charge < -0.3 is 14.7 Å². The lowest BCUT2D eigenvalue weighted by molar-refractivity contribution is -0.143. The molecule has 0 aromatic carbocycles. The first-order valence-corrected chi connectivity index (χ1v) is 5.82. The van der Waals surface area contributed by atoms with Crippen LogP contribution in [0.2, 0.25) is 0 Å². The summed E-state index contributed by atoms with van der Waals surface area (Å²) in [4.78, 5) is 13.8. The third kappa shape index (κ3) is 2.49. The fraction of sp³-hybridized carbons (Fsp3) is 0.909. The standard InChI is InChI=1S/C11H19NO3/c13-8-9-3-1-5-12(7-9)11(14)10-4-2-6-15-10/h9-10,13H,1-8H2/t9?,10-/m1/s1. The van der Waals surface area contributed by atoms with Gasteiger partial charge in [0.05, 0.1) is 0 Å². The van der Waals surface area contributed by atoms with Gasteiger partial charge in [-0.2, -0.15) is 0 Å². The SMILES string of the molecule is O=C([C@H]1CCCO1)N1CCCC(CO)C1. The number of ether oxygens (including phenoxy) is 1. The topological polar surface area (TPSA) is 49.8 Å². The summed E-state index contributed by atoms with van der Waals surface area (Å²) in [5, 5.41) is 9.09. The van der Waals surface area contributed by atoms with Gasteiger partial charge in [-0.05, 0) is 31.6 Å². The predicted molar refractivity (Wildman–Crippen MR) is 55.4 cm³/mol. The molecule has 2 atom stereocenters. The molecule has 2 saturated heterocycles. The van der Waals surface area contributed by atoms with Gasteiger partial charge in [-0.25, -0.2) is 0 Å². The molecule has 2 aliphatic heterocycles. The summed E-state index contributed by atoms with van der Waals surface area (Å²) < 4.78 is 5.38. The molecular weight excluding hydrogens is 194 g/mol. The largest absolute Gasteiger partial charge is 0.396 e. The Balaban J connectivity index is 1.88. The molecule has 2 aliphatic rings. The third-order valence-electron chi connectivity index (χ3n) is 3.29. The maximum Gasteiger partial charge on any atom is 0.251 e. The van der Waals surface area contributed by atoms with E-state index in [1.54, 1.807) is 0 Å². The van der Waals surface area contributed by atoms with Crippen molar-refractivity contribution in [1.29, 1.82) is 0 Å². The van der Waals surface area contributed by atoms with E-state index in [0.29, 0.717) is 13.2 Å². The summed E-state index contributed by atoms with van der Waals surface area (Å²) in [5.41, 5.74) is 0. The highest BCUT2D eigenvalue weighted by Crippen LogP contribution is 2.20. The number of hydrogen-bond acceptors (Lipinski definition) is 3. The second kappa shape index (κ2) is 4.94. The van der Waals surface area contributed by atoms with E-state index < -0.39 is 0 Å². The van der Waals surface area contributed by atoms with Crippen molar-refractivity contribution in [2.45, 2.75) is 31.8 Å². The van der Waals surface area contributed by atoms with Crippen molar-refractivity contribution in [3.8, 4) is 0 Å². The van der Waals surface area contributed by atoms with Crippen molar-refractivity contribution >= 4 is 5.91 Å². The lowest BCUT2D eigenvalue weighted by Crippen LogP contribution is -2.45. The lowest BCUT2D eigenvalue weighted by Gasteiger charge is -2.33. The zero-order valence-electron chi connectivity index (χ0n) is 9.02. The van der Waals surface area contributed by atoms with Crippen LogP contribution in [0, 0.1) is 5.92 Å². The molecule has 1 unspecified atom stereocenters. The fourth-order valence-corrected chi connectivity index (χ4v) is 2.39. The molecule has 2 fully saturated rings. The van der Waals surface area contributed by atoms with Gasteiger partial charge in [0.15, 0.2) is 0 Å². The number of amides is 1. The Labute approximate surface area is 90.2 Å². The fourth-order valence-electron chi connectivity index (χ4n) is 2.39. The highest BCUT2D eigenvalue weighted by atomic mass is 16.5. The van der Waals surface area contributed by atoms with Gasteiger partial charge in [0.2, 0.25) is 0 Å². The second-order valence-corrected chi connectivity index (χ2v) is 4.48. The molecule has 1 amide bonds. The van der Waals surface area contributed by atoms with Gasteiger partial charge in [0.1, 0.15) is 6.10 Å². The Morgan fingerprint density at radius 3 is 2.93 bits per heavy atom. The van der Waals surface area contributed by atoms with Crippen LogP contribution in [0.3, 0.4) is 0 Å². The molecule has 2 heterocycles. The summed E-state index contributed by atoms with van der Waals surface area (Å²) in [6, 6.07) is 0. The molecular formula is C11H19NO3. The number of likely N-dealkylation sites (tertiary alicyclic amines) is 1. The van der Waals surface area contributed by atoms with E-state index in [-0.39, 0.29) is 24.5 Å². The number of carbonyl (C=O) groups excluding carboxylic acids is 1. The number of nitrogens with zero attached hydrogens (tertiary/aromatic N) is 1. The Hall–Kier alpha value is -0.610. The summed E-state index contributed by atoms with van der Waals surface area (Å²) in [6.07, 6.45) is 3.69. The number of aliphatic hydroxyl groups is 1. The molecule has 0 aromatic heterocycles. The van der Waals surface area contributed by atoms with Crippen molar-refractivity contribution in [3.05, 3.63) is 0 Å². The molecule has 15 heavy (non-hydrogen) atoms. The van der Waals surface area contributed by atoms with Crippen molar-refractivity contribution in [2.75, 3.05) is 26.3 Å². The Bertz CT molecular complexity index is 226. The average Bonchev–Trinajstić information content (AvgIpc) is 2.81. The van der Waals surface area contributed by atoms with Crippen molar-refractivity contribution in [1.82, 2.24) is 4.90 Å². The Morgan fingerprint density at radius 2 is 2.27 bits per heavy atom. The molecule has 2 rings (SSSR count). The van der Waals surface area contributed by atoms with Crippen LogP contribution in [0.4, 0.5) is 0 Å². The summed E-state index contributed by atoms with van der Waals surface area (Å²) in [6.45, 7) is 2.44. The molecule has 0 spiro atoms. The molecule has 0 aliphatic carbocycles. The van der Waals surface area contributed by atoms with E-state index in [0.717, 1.165) is 32.2 Å². The quantitative estimate of drug-likeness (QED) is 0.722. The summed E-state index contributed by atoms with van der Waals surface area (Å²) >= 11 is 0. The van der Waals surface area contributed by atoms with Gasteiger partial charge in [-0.3, -0.25) is 4.79 Å². The van der Waals surface area contributed by atoms with Crippen LogP contribution in [0.1, 0.15) is 25.7 Å². The predicted octanol–water partition coefficient (Wildman–Crippen LogP) is 0.396. The maximum absolute atomic E-state index is 12.0. The molecule has 0 bridgehead atoms. The lowest BCUT2D eigenvalue weighted by atomic mass is 9.98. The van der Waals surface area contributed by atoms with E-state index in [9.17, 15) is 4.79 Å². The van der Waals surface area contributed by atoms with E-state index in [4.69, 9.17) is 9.84 Å². The van der Waals surface area contributed by atoms with Crippen molar-refractivity contribution in [2.24, 2.45) is 5.92 Å². The molecule has 1 N–H and O–H groups in total. The number of aliphatic hydroxyl groups excluding tert-OH is 1. The number of rotatable bonds is 2. The van der Waals surface area contributed by atoms with Crippen LogP contribution in [0.5, 0.6) is 0 Å². The maximum atomic E-state index is 12.0. The first kappa shape index (κ1) is 10.9. The highest BCUT2D eigenvalue weighted by Gasteiger charge is 2.31. The molecule has 0 aromatic rings. The molecule has 4 nitrogen and oxygen atoms in total. The van der Waals surface area contributed by atoms with E-state index in [2.05, 4.69) is 0 Å². The van der Waals surface area contributed by atoms with E-state index >= 15 is 0 Å². The minimum Gasteiger partial charge on any atom is -0.396 e. The number of carbonyl (C=O) groups is 1. The normalized spacial score (nSPS) is 31.9. The first-order chi connectivity index (χ1) is 7.31. The van der Waals surface area contributed by atoms with Crippen LogP contribution >= 0.6 is 0 Å². The van der Waals surface area contributed by atoms with E-state index in [1.807, 2.05) is 4.90 Å². The minimum absolute atomic E-state index is 0.130. The smallest absolute Gasteiger partial charge is 0.251 e. The zero-order chi connectivity index (χ0) is 10.7. The van der Waals surface area contributed by atoms with Gasteiger partial charge in [0.25, 0.3) is 5.91 Å². The van der Waals surface area contributed by atoms with Crippen LogP contribution in [-0.2, 0) is 9.53 Å². The Kier molecular flexibility index (Phi) is 3.59. The molecule has 0 radical (unpaired) electrons. The summed E-state index contributed by atoms with van der Waals surface area (Å²) in [5.74, 6) is 0.398. The van der Waals surface area contributed by atoms with Gasteiger partial charge in [0, 0.05) is 26.3 Å². The first-order valence-electron chi connectivity index (χ1n) is 5.82. The number of piperidine rings is 1. The van der Waals surface area contributed by atoms with Crippen LogP contribution < -0.4 is 0 Å². The van der Waals surface area contributed by atoms with E-state index in [1.165, 1.54) is 0 Å².